The summed E-state index contributed by atoms with van der Waals surface area (Å²) in [6, 6.07) is 0. The minimum absolute atomic E-state index is 0.986. The molecule has 4 atom stereocenters. The van der Waals surface area contributed by atoms with Crippen molar-refractivity contribution in [2.75, 3.05) is 0 Å². The molecule has 0 amide bonds. The van der Waals surface area contributed by atoms with Gasteiger partial charge in [0.05, 0.1) is 0 Å². The highest BCUT2D eigenvalue weighted by Gasteiger charge is 2.40. The summed E-state index contributed by atoms with van der Waals surface area (Å²) in [4.78, 5) is 0. The number of unbranched alkanes of at least 4 members (excludes halogenated alkanes) is 2. The highest BCUT2D eigenvalue weighted by Crippen LogP contribution is 2.49. The third-order valence-electron chi connectivity index (χ3n) is 6.09. The molecule has 1 saturated carbocycles. The maximum absolute atomic E-state index is 2.53. The van der Waals surface area contributed by atoms with Crippen LogP contribution in [0.5, 0.6) is 0 Å². The van der Waals surface area contributed by atoms with Gasteiger partial charge >= 0.3 is 0 Å². The van der Waals surface area contributed by atoms with Crippen LogP contribution in [0.3, 0.4) is 0 Å². The van der Waals surface area contributed by atoms with Gasteiger partial charge in [-0.3, -0.25) is 0 Å². The van der Waals surface area contributed by atoms with Gasteiger partial charge in [-0.1, -0.05) is 79.6 Å². The third kappa shape index (κ3) is 4.80. The standard InChI is InChI=1S/C19H38/c1-6-10-11-12-18(13-16(7-2)8-3)19-14-17(9-4)15(19)5/h15-19H,6-14H2,1-5H3. The van der Waals surface area contributed by atoms with E-state index in [1.165, 1.54) is 57.8 Å². The molecule has 114 valence electrons. The molecule has 0 bridgehead atoms. The maximum Gasteiger partial charge on any atom is -0.0355 e. The highest BCUT2D eigenvalue weighted by molar-refractivity contribution is 4.90. The van der Waals surface area contributed by atoms with Crippen LogP contribution in [0.4, 0.5) is 0 Å². The lowest BCUT2D eigenvalue weighted by molar-refractivity contribution is 0.0186. The van der Waals surface area contributed by atoms with Gasteiger partial charge in [0.25, 0.3) is 0 Å². The van der Waals surface area contributed by atoms with Crippen LogP contribution in [0, 0.1) is 29.6 Å². The molecule has 0 heterocycles. The molecule has 0 radical (unpaired) electrons. The summed E-state index contributed by atoms with van der Waals surface area (Å²) in [6.07, 6.45) is 13.0. The van der Waals surface area contributed by atoms with Crippen molar-refractivity contribution in [3.8, 4) is 0 Å². The van der Waals surface area contributed by atoms with Gasteiger partial charge in [0.2, 0.25) is 0 Å². The molecule has 0 aromatic rings. The summed E-state index contributed by atoms with van der Waals surface area (Å²) >= 11 is 0. The first-order chi connectivity index (χ1) is 9.17. The van der Waals surface area contributed by atoms with E-state index >= 15 is 0 Å². The molecule has 0 nitrogen and oxygen atoms in total. The third-order valence-corrected chi connectivity index (χ3v) is 6.09. The predicted octanol–water partition coefficient (Wildman–Crippen LogP) is 6.69. The van der Waals surface area contributed by atoms with Gasteiger partial charge in [0.1, 0.15) is 0 Å². The Morgan fingerprint density at radius 2 is 1.68 bits per heavy atom. The van der Waals surface area contributed by atoms with Crippen LogP contribution < -0.4 is 0 Å². The summed E-state index contributed by atoms with van der Waals surface area (Å²) in [7, 11) is 0. The molecule has 1 aliphatic rings. The fraction of sp³-hybridized carbons (Fsp3) is 1.00. The Hall–Kier alpha value is 0. The van der Waals surface area contributed by atoms with Crippen LogP contribution >= 0.6 is 0 Å². The lowest BCUT2D eigenvalue weighted by Gasteiger charge is -2.48. The van der Waals surface area contributed by atoms with Crippen LogP contribution in [0.2, 0.25) is 0 Å². The predicted molar refractivity (Wildman–Crippen MR) is 87.4 cm³/mol. The topological polar surface area (TPSA) is 0 Å². The number of rotatable bonds is 10. The largest absolute Gasteiger partial charge is 0.0654 e. The Balaban J connectivity index is 2.49. The molecule has 0 heteroatoms. The number of hydrogen-bond donors (Lipinski definition) is 0. The van der Waals surface area contributed by atoms with Crippen LogP contribution in [0.15, 0.2) is 0 Å². The van der Waals surface area contributed by atoms with E-state index in [-0.39, 0.29) is 0 Å². The van der Waals surface area contributed by atoms with E-state index in [1.54, 1.807) is 0 Å². The first kappa shape index (κ1) is 17.1. The average Bonchev–Trinajstić information content (AvgIpc) is 2.43. The van der Waals surface area contributed by atoms with Crippen molar-refractivity contribution in [2.45, 2.75) is 92.4 Å². The van der Waals surface area contributed by atoms with Gasteiger partial charge in [-0.25, -0.2) is 0 Å². The van der Waals surface area contributed by atoms with Crippen molar-refractivity contribution >= 4 is 0 Å². The normalized spacial score (nSPS) is 28.4. The Labute approximate surface area is 122 Å². The van der Waals surface area contributed by atoms with E-state index in [0.29, 0.717) is 0 Å². The molecule has 1 rings (SSSR count). The Bertz CT molecular complexity index is 216. The summed E-state index contributed by atoms with van der Waals surface area (Å²) < 4.78 is 0. The molecule has 1 fully saturated rings. The minimum Gasteiger partial charge on any atom is -0.0654 e. The molecule has 1 aliphatic carbocycles. The lowest BCUT2D eigenvalue weighted by atomic mass is 9.58. The van der Waals surface area contributed by atoms with Crippen molar-refractivity contribution in [1.82, 2.24) is 0 Å². The Kier molecular flexibility index (Phi) is 8.11. The Morgan fingerprint density at radius 1 is 1.00 bits per heavy atom. The second-order valence-electron chi connectivity index (χ2n) is 7.10. The zero-order valence-corrected chi connectivity index (χ0v) is 14.3. The molecule has 0 saturated heterocycles. The van der Waals surface area contributed by atoms with Crippen LogP contribution in [-0.4, -0.2) is 0 Å². The smallest absolute Gasteiger partial charge is 0.0355 e. The van der Waals surface area contributed by atoms with E-state index in [0.717, 1.165) is 29.6 Å². The maximum atomic E-state index is 2.53. The Morgan fingerprint density at radius 3 is 2.16 bits per heavy atom. The summed E-state index contributed by atoms with van der Waals surface area (Å²) in [5, 5.41) is 0. The average molecular weight is 267 g/mol. The highest BCUT2D eigenvalue weighted by atomic mass is 14.5. The second-order valence-corrected chi connectivity index (χ2v) is 7.10. The van der Waals surface area contributed by atoms with Crippen molar-refractivity contribution in [3.05, 3.63) is 0 Å². The van der Waals surface area contributed by atoms with Crippen LogP contribution in [-0.2, 0) is 0 Å². The van der Waals surface area contributed by atoms with Crippen molar-refractivity contribution < 1.29 is 0 Å². The van der Waals surface area contributed by atoms with E-state index in [1.807, 2.05) is 0 Å². The monoisotopic (exact) mass is 266 g/mol. The zero-order valence-electron chi connectivity index (χ0n) is 14.3. The summed E-state index contributed by atoms with van der Waals surface area (Å²) in [6.45, 7) is 12.0. The van der Waals surface area contributed by atoms with Gasteiger partial charge in [-0.15, -0.1) is 0 Å². The van der Waals surface area contributed by atoms with Crippen LogP contribution in [0.1, 0.15) is 92.4 Å². The van der Waals surface area contributed by atoms with E-state index in [2.05, 4.69) is 34.6 Å². The van der Waals surface area contributed by atoms with Crippen LogP contribution in [0.25, 0.3) is 0 Å². The molecule has 0 N–H and O–H groups in total. The molecule has 0 spiro atoms. The van der Waals surface area contributed by atoms with E-state index in [4.69, 9.17) is 0 Å². The van der Waals surface area contributed by atoms with Crippen molar-refractivity contribution in [3.63, 3.8) is 0 Å². The van der Waals surface area contributed by atoms with Gasteiger partial charge in [-0.05, 0) is 42.4 Å². The first-order valence-corrected chi connectivity index (χ1v) is 9.17. The van der Waals surface area contributed by atoms with Gasteiger partial charge in [0, 0.05) is 0 Å². The SMILES string of the molecule is CCCCCC(CC(CC)CC)C1CC(CC)C1C. The van der Waals surface area contributed by atoms with E-state index < -0.39 is 0 Å². The van der Waals surface area contributed by atoms with Gasteiger partial charge in [0.15, 0.2) is 0 Å². The lowest BCUT2D eigenvalue weighted by Crippen LogP contribution is -2.39. The molecule has 19 heavy (non-hydrogen) atoms. The van der Waals surface area contributed by atoms with Gasteiger partial charge in [-0.2, -0.15) is 0 Å². The van der Waals surface area contributed by atoms with E-state index in [9.17, 15) is 0 Å². The summed E-state index contributed by atoms with van der Waals surface area (Å²) in [5.74, 6) is 5.13. The van der Waals surface area contributed by atoms with Crippen molar-refractivity contribution in [1.29, 1.82) is 0 Å². The molecular formula is C19H38. The second kappa shape index (κ2) is 9.03. The van der Waals surface area contributed by atoms with Crippen molar-refractivity contribution in [2.24, 2.45) is 29.6 Å². The molecule has 0 aliphatic heterocycles. The minimum atomic E-state index is 0.986. The fourth-order valence-corrected chi connectivity index (χ4v) is 4.31. The quantitative estimate of drug-likeness (QED) is 0.386. The fourth-order valence-electron chi connectivity index (χ4n) is 4.31. The molecule has 4 unspecified atom stereocenters. The number of hydrogen-bond acceptors (Lipinski definition) is 0. The zero-order chi connectivity index (χ0) is 14.3. The van der Waals surface area contributed by atoms with Gasteiger partial charge < -0.3 is 0 Å². The summed E-state index contributed by atoms with van der Waals surface area (Å²) in [5.41, 5.74) is 0. The molecule has 0 aromatic heterocycles. The molecule has 0 aromatic carbocycles. The first-order valence-electron chi connectivity index (χ1n) is 9.17. The molecular weight excluding hydrogens is 228 g/mol.